The Labute approximate surface area is 125 Å². The average Bonchev–Trinajstić information content (AvgIpc) is 2.89. The van der Waals surface area contributed by atoms with Crippen LogP contribution in [0.2, 0.25) is 0 Å². The highest BCUT2D eigenvalue weighted by Gasteiger charge is 2.38. The van der Waals surface area contributed by atoms with Crippen molar-refractivity contribution < 1.29 is 9.18 Å². The average molecular weight is 290 g/mol. The fourth-order valence-corrected chi connectivity index (χ4v) is 3.63. The molecule has 1 N–H and O–H groups in total. The van der Waals surface area contributed by atoms with Crippen molar-refractivity contribution in [3.63, 3.8) is 0 Å². The normalized spacial score (nSPS) is 27.0. The smallest absolute Gasteiger partial charge is 0.226 e. The molecule has 2 saturated heterocycles. The lowest BCUT2D eigenvalue weighted by molar-refractivity contribution is -0.137. The van der Waals surface area contributed by atoms with Gasteiger partial charge in [0.1, 0.15) is 5.82 Å². The molecule has 2 atom stereocenters. The molecule has 21 heavy (non-hydrogen) atoms. The van der Waals surface area contributed by atoms with Crippen molar-refractivity contribution in [1.29, 1.82) is 0 Å². The van der Waals surface area contributed by atoms with Crippen LogP contribution in [-0.2, 0) is 4.79 Å². The quantitative estimate of drug-likeness (QED) is 0.908. The highest BCUT2D eigenvalue weighted by atomic mass is 19.1. The molecule has 1 amide bonds. The van der Waals surface area contributed by atoms with E-state index in [-0.39, 0.29) is 23.7 Å². The standard InChI is InChI=1S/C17H23FN2O/c1-12-10-16(14-4-2-3-5-15(14)18)20(11-12)17(21)13-6-8-19-9-7-13/h2-5,12-13,16,19H,6-11H2,1H3/t12-,16+/m1/s1. The van der Waals surface area contributed by atoms with Gasteiger partial charge in [0.2, 0.25) is 5.91 Å². The molecular formula is C17H23FN2O. The zero-order chi connectivity index (χ0) is 14.8. The second-order valence-corrected chi connectivity index (χ2v) is 6.39. The van der Waals surface area contributed by atoms with E-state index in [1.54, 1.807) is 6.07 Å². The zero-order valence-corrected chi connectivity index (χ0v) is 12.5. The summed E-state index contributed by atoms with van der Waals surface area (Å²) < 4.78 is 14.1. The molecule has 0 aliphatic carbocycles. The number of hydrogen-bond donors (Lipinski definition) is 1. The van der Waals surface area contributed by atoms with Crippen LogP contribution in [-0.4, -0.2) is 30.4 Å². The fraction of sp³-hybridized carbons (Fsp3) is 0.588. The third-order valence-electron chi connectivity index (χ3n) is 4.75. The Morgan fingerprint density at radius 2 is 2.00 bits per heavy atom. The number of rotatable bonds is 2. The lowest BCUT2D eigenvalue weighted by atomic mass is 9.95. The van der Waals surface area contributed by atoms with E-state index >= 15 is 0 Å². The van der Waals surface area contributed by atoms with Crippen molar-refractivity contribution >= 4 is 5.91 Å². The molecule has 1 aromatic carbocycles. The number of nitrogens with one attached hydrogen (secondary N) is 1. The van der Waals surface area contributed by atoms with Crippen molar-refractivity contribution in [2.24, 2.45) is 11.8 Å². The minimum atomic E-state index is -0.195. The van der Waals surface area contributed by atoms with Gasteiger partial charge >= 0.3 is 0 Å². The molecule has 2 aliphatic rings. The van der Waals surface area contributed by atoms with Gasteiger partial charge in [-0.25, -0.2) is 4.39 Å². The molecule has 4 heteroatoms. The number of halogens is 1. The van der Waals surface area contributed by atoms with Gasteiger partial charge in [-0.05, 0) is 44.3 Å². The van der Waals surface area contributed by atoms with Crippen LogP contribution in [0.3, 0.4) is 0 Å². The third kappa shape index (κ3) is 2.95. The molecule has 2 heterocycles. The molecule has 3 rings (SSSR count). The van der Waals surface area contributed by atoms with Gasteiger partial charge < -0.3 is 10.2 Å². The van der Waals surface area contributed by atoms with Gasteiger partial charge in [0.15, 0.2) is 0 Å². The summed E-state index contributed by atoms with van der Waals surface area (Å²) in [6.45, 7) is 4.71. The van der Waals surface area contributed by atoms with E-state index in [9.17, 15) is 9.18 Å². The topological polar surface area (TPSA) is 32.3 Å². The minimum Gasteiger partial charge on any atom is -0.335 e. The van der Waals surface area contributed by atoms with Crippen LogP contribution in [0, 0.1) is 17.7 Å². The summed E-state index contributed by atoms with van der Waals surface area (Å²) in [5, 5.41) is 3.29. The first-order valence-corrected chi connectivity index (χ1v) is 7.92. The Hall–Kier alpha value is -1.42. The Kier molecular flexibility index (Phi) is 4.24. The van der Waals surface area contributed by atoms with Gasteiger partial charge in [0, 0.05) is 18.0 Å². The predicted molar refractivity (Wildman–Crippen MR) is 80.2 cm³/mol. The number of carbonyl (C=O) groups excluding carboxylic acids is 1. The number of piperidine rings is 1. The number of carbonyl (C=O) groups is 1. The molecule has 1 aromatic rings. The SMILES string of the molecule is C[C@@H]1C[C@@H](c2ccccc2F)N(C(=O)C2CCNCC2)C1. The third-order valence-corrected chi connectivity index (χ3v) is 4.75. The monoisotopic (exact) mass is 290 g/mol. The van der Waals surface area contributed by atoms with E-state index in [0.29, 0.717) is 11.5 Å². The van der Waals surface area contributed by atoms with Crippen molar-refractivity contribution in [3.8, 4) is 0 Å². The number of benzene rings is 1. The lowest BCUT2D eigenvalue weighted by Crippen LogP contribution is -2.41. The number of amides is 1. The molecule has 0 bridgehead atoms. The van der Waals surface area contributed by atoms with E-state index in [1.807, 2.05) is 17.0 Å². The maximum Gasteiger partial charge on any atom is 0.226 e. The molecular weight excluding hydrogens is 267 g/mol. The summed E-state index contributed by atoms with van der Waals surface area (Å²) in [6.07, 6.45) is 2.65. The van der Waals surface area contributed by atoms with Gasteiger partial charge in [-0.15, -0.1) is 0 Å². The van der Waals surface area contributed by atoms with E-state index in [1.165, 1.54) is 6.07 Å². The van der Waals surface area contributed by atoms with Crippen molar-refractivity contribution in [2.45, 2.75) is 32.2 Å². The van der Waals surface area contributed by atoms with Crippen LogP contribution in [0.15, 0.2) is 24.3 Å². The molecule has 2 fully saturated rings. The van der Waals surface area contributed by atoms with Crippen molar-refractivity contribution in [1.82, 2.24) is 10.2 Å². The Morgan fingerprint density at radius 1 is 1.29 bits per heavy atom. The molecule has 3 nitrogen and oxygen atoms in total. The summed E-state index contributed by atoms with van der Waals surface area (Å²) in [7, 11) is 0. The van der Waals surface area contributed by atoms with Gasteiger partial charge in [-0.1, -0.05) is 25.1 Å². The number of hydrogen-bond acceptors (Lipinski definition) is 2. The maximum atomic E-state index is 14.1. The van der Waals surface area contributed by atoms with Crippen LogP contribution >= 0.6 is 0 Å². The van der Waals surface area contributed by atoms with Gasteiger partial charge in [-0.2, -0.15) is 0 Å². The van der Waals surface area contributed by atoms with Crippen molar-refractivity contribution in [3.05, 3.63) is 35.6 Å². The largest absolute Gasteiger partial charge is 0.335 e. The second-order valence-electron chi connectivity index (χ2n) is 6.39. The highest BCUT2D eigenvalue weighted by molar-refractivity contribution is 5.79. The molecule has 0 spiro atoms. The van der Waals surface area contributed by atoms with E-state index in [2.05, 4.69) is 12.2 Å². The minimum absolute atomic E-state index is 0.0939. The first kappa shape index (κ1) is 14.5. The Balaban J connectivity index is 1.82. The zero-order valence-electron chi connectivity index (χ0n) is 12.5. The lowest BCUT2D eigenvalue weighted by Gasteiger charge is -2.31. The maximum absolute atomic E-state index is 14.1. The molecule has 2 aliphatic heterocycles. The van der Waals surface area contributed by atoms with Crippen molar-refractivity contribution in [2.75, 3.05) is 19.6 Å². The molecule has 0 unspecified atom stereocenters. The first-order valence-electron chi connectivity index (χ1n) is 7.92. The number of likely N-dealkylation sites (tertiary alicyclic amines) is 1. The summed E-state index contributed by atoms with van der Waals surface area (Å²) in [4.78, 5) is 14.7. The fourth-order valence-electron chi connectivity index (χ4n) is 3.63. The van der Waals surface area contributed by atoms with Crippen LogP contribution in [0.1, 0.15) is 37.8 Å². The van der Waals surface area contributed by atoms with E-state index < -0.39 is 0 Å². The van der Waals surface area contributed by atoms with Gasteiger partial charge in [-0.3, -0.25) is 4.79 Å². The van der Waals surface area contributed by atoms with Crippen LogP contribution in [0.4, 0.5) is 4.39 Å². The molecule has 0 saturated carbocycles. The van der Waals surface area contributed by atoms with Crippen LogP contribution in [0.25, 0.3) is 0 Å². The molecule has 0 aromatic heterocycles. The Bertz CT molecular complexity index is 513. The summed E-state index contributed by atoms with van der Waals surface area (Å²) in [6, 6.07) is 6.78. The second kappa shape index (κ2) is 6.14. The molecule has 114 valence electrons. The Morgan fingerprint density at radius 3 is 2.71 bits per heavy atom. The van der Waals surface area contributed by atoms with Gasteiger partial charge in [0.25, 0.3) is 0 Å². The van der Waals surface area contributed by atoms with E-state index in [0.717, 1.165) is 38.9 Å². The number of nitrogens with zero attached hydrogens (tertiary/aromatic N) is 1. The van der Waals surface area contributed by atoms with Crippen LogP contribution in [0.5, 0.6) is 0 Å². The summed E-state index contributed by atoms with van der Waals surface area (Å²) in [5.41, 5.74) is 0.670. The highest BCUT2D eigenvalue weighted by Crippen LogP contribution is 2.38. The van der Waals surface area contributed by atoms with E-state index in [4.69, 9.17) is 0 Å². The molecule has 0 radical (unpaired) electrons. The summed E-state index contributed by atoms with van der Waals surface area (Å²) >= 11 is 0. The summed E-state index contributed by atoms with van der Waals surface area (Å²) in [5.74, 6) is 0.555. The first-order chi connectivity index (χ1) is 10.2. The predicted octanol–water partition coefficient (Wildman–Crippen LogP) is 2.73. The van der Waals surface area contributed by atoms with Gasteiger partial charge in [0.05, 0.1) is 6.04 Å². The van der Waals surface area contributed by atoms with Crippen LogP contribution < -0.4 is 5.32 Å².